The number of fused-ring (bicyclic) bond motifs is 3. The Hall–Kier alpha value is -1.96. The Morgan fingerprint density at radius 2 is 2.14 bits per heavy atom. The van der Waals surface area contributed by atoms with E-state index in [9.17, 15) is 4.79 Å². The molecule has 1 aromatic carbocycles. The molecule has 6 nitrogen and oxygen atoms in total. The normalized spacial score (nSPS) is 15.6. The fourth-order valence-electron chi connectivity index (χ4n) is 4.40. The van der Waals surface area contributed by atoms with E-state index in [0.29, 0.717) is 5.92 Å². The lowest BCUT2D eigenvalue weighted by Crippen LogP contribution is -2.22. The molecule has 2 aromatic heterocycles. The zero-order chi connectivity index (χ0) is 20.4. The first-order valence-electron chi connectivity index (χ1n) is 10.5. The van der Waals surface area contributed by atoms with Crippen LogP contribution in [0.3, 0.4) is 0 Å². The van der Waals surface area contributed by atoms with Gasteiger partial charge in [-0.3, -0.25) is 14.1 Å². The number of aromatic nitrogens is 2. The van der Waals surface area contributed by atoms with Crippen molar-refractivity contribution in [1.29, 1.82) is 0 Å². The SMILES string of the molecule is CNC(=O)c1sc2nc3ccc(CN(C)CCOC)cc3n2c1C1CCCCC1. The van der Waals surface area contributed by atoms with Crippen molar-refractivity contribution in [2.24, 2.45) is 0 Å². The topological polar surface area (TPSA) is 58.9 Å². The van der Waals surface area contributed by atoms with Gasteiger partial charge in [0.25, 0.3) is 5.91 Å². The van der Waals surface area contributed by atoms with Gasteiger partial charge in [0.2, 0.25) is 0 Å². The summed E-state index contributed by atoms with van der Waals surface area (Å²) in [5.41, 5.74) is 4.53. The first-order valence-corrected chi connectivity index (χ1v) is 11.3. The van der Waals surface area contributed by atoms with Gasteiger partial charge in [-0.15, -0.1) is 0 Å². The van der Waals surface area contributed by atoms with Crippen LogP contribution in [0.5, 0.6) is 0 Å². The maximum absolute atomic E-state index is 12.6. The fourth-order valence-corrected chi connectivity index (χ4v) is 5.57. The number of hydrogen-bond donors (Lipinski definition) is 1. The van der Waals surface area contributed by atoms with E-state index in [2.05, 4.69) is 39.9 Å². The van der Waals surface area contributed by atoms with Crippen LogP contribution in [0, 0.1) is 0 Å². The van der Waals surface area contributed by atoms with Crippen molar-refractivity contribution in [2.45, 2.75) is 44.6 Å². The Bertz CT molecular complexity index is 1000. The third kappa shape index (κ3) is 4.04. The summed E-state index contributed by atoms with van der Waals surface area (Å²) in [6.07, 6.45) is 6.06. The number of nitrogens with one attached hydrogen (secondary N) is 1. The smallest absolute Gasteiger partial charge is 0.263 e. The number of hydrogen-bond acceptors (Lipinski definition) is 5. The van der Waals surface area contributed by atoms with E-state index in [1.54, 1.807) is 14.2 Å². The van der Waals surface area contributed by atoms with Crippen LogP contribution < -0.4 is 5.32 Å². The molecule has 156 valence electrons. The number of amides is 1. The highest BCUT2D eigenvalue weighted by Crippen LogP contribution is 2.39. The number of methoxy groups -OCH3 is 1. The average molecular weight is 415 g/mol. The van der Waals surface area contributed by atoms with Gasteiger partial charge in [-0.05, 0) is 37.6 Å². The minimum atomic E-state index is 0.00433. The van der Waals surface area contributed by atoms with E-state index in [1.165, 1.54) is 36.2 Å². The minimum absolute atomic E-state index is 0.00433. The summed E-state index contributed by atoms with van der Waals surface area (Å²) in [6, 6.07) is 6.51. The maximum atomic E-state index is 12.6. The molecule has 0 atom stereocenters. The Kier molecular flexibility index (Phi) is 6.18. The molecule has 1 amide bonds. The Morgan fingerprint density at radius 1 is 1.34 bits per heavy atom. The Morgan fingerprint density at radius 3 is 2.86 bits per heavy atom. The molecule has 29 heavy (non-hydrogen) atoms. The maximum Gasteiger partial charge on any atom is 0.263 e. The zero-order valence-electron chi connectivity index (χ0n) is 17.5. The predicted octanol–water partition coefficient (Wildman–Crippen LogP) is 4.03. The van der Waals surface area contributed by atoms with Crippen LogP contribution >= 0.6 is 11.3 Å². The van der Waals surface area contributed by atoms with Crippen molar-refractivity contribution in [3.8, 4) is 0 Å². The summed E-state index contributed by atoms with van der Waals surface area (Å²) in [4.78, 5) is 21.5. The van der Waals surface area contributed by atoms with Gasteiger partial charge < -0.3 is 10.1 Å². The summed E-state index contributed by atoms with van der Waals surface area (Å²) in [5.74, 6) is 0.430. The lowest BCUT2D eigenvalue weighted by Gasteiger charge is -2.22. The van der Waals surface area contributed by atoms with Gasteiger partial charge in [0.05, 0.1) is 23.3 Å². The molecule has 0 spiro atoms. The Balaban J connectivity index is 1.79. The predicted molar refractivity (Wildman–Crippen MR) is 118 cm³/mol. The minimum Gasteiger partial charge on any atom is -0.383 e. The molecule has 1 N–H and O–H groups in total. The molecule has 3 aromatic rings. The molecule has 0 saturated heterocycles. The molecule has 1 fully saturated rings. The molecule has 7 heteroatoms. The second-order valence-corrected chi connectivity index (χ2v) is 8.99. The number of rotatable bonds is 7. The average Bonchev–Trinajstić information content (AvgIpc) is 3.28. The first-order chi connectivity index (χ1) is 14.1. The first kappa shape index (κ1) is 20.3. The van der Waals surface area contributed by atoms with Crippen LogP contribution in [0.1, 0.15) is 59.0 Å². The molecule has 0 bridgehead atoms. The van der Waals surface area contributed by atoms with Gasteiger partial charge in [-0.2, -0.15) is 0 Å². The summed E-state index contributed by atoms with van der Waals surface area (Å²) >= 11 is 1.52. The molecule has 0 radical (unpaired) electrons. The van der Waals surface area contributed by atoms with E-state index < -0.39 is 0 Å². The van der Waals surface area contributed by atoms with E-state index in [4.69, 9.17) is 9.72 Å². The summed E-state index contributed by atoms with van der Waals surface area (Å²) in [6.45, 7) is 2.47. The van der Waals surface area contributed by atoms with Crippen molar-refractivity contribution in [2.75, 3.05) is 34.4 Å². The van der Waals surface area contributed by atoms with Crippen LogP contribution in [0.15, 0.2) is 18.2 Å². The quantitative estimate of drug-likeness (QED) is 0.634. The molecular formula is C22H30N4O2S. The number of nitrogens with zero attached hydrogens (tertiary/aromatic N) is 3. The number of carbonyl (C=O) groups is 1. The lowest BCUT2D eigenvalue weighted by molar-refractivity contribution is 0.0965. The number of carbonyl (C=O) groups excluding carboxylic acids is 1. The second kappa shape index (κ2) is 8.81. The molecule has 0 aliphatic heterocycles. The van der Waals surface area contributed by atoms with Gasteiger partial charge in [0.1, 0.15) is 4.88 Å². The highest BCUT2D eigenvalue weighted by molar-refractivity contribution is 7.19. The molecule has 1 aliphatic carbocycles. The monoisotopic (exact) mass is 414 g/mol. The van der Waals surface area contributed by atoms with Gasteiger partial charge in [0.15, 0.2) is 4.96 Å². The number of benzene rings is 1. The van der Waals surface area contributed by atoms with Crippen LogP contribution in [0.2, 0.25) is 0 Å². The zero-order valence-corrected chi connectivity index (χ0v) is 18.3. The van der Waals surface area contributed by atoms with Crippen LogP contribution in [0.25, 0.3) is 16.0 Å². The lowest BCUT2D eigenvalue weighted by atomic mass is 9.86. The fraction of sp³-hybridized carbons (Fsp3) is 0.545. The number of imidazole rings is 1. The second-order valence-electron chi connectivity index (χ2n) is 8.01. The van der Waals surface area contributed by atoms with Crippen LogP contribution in [-0.4, -0.2) is 54.5 Å². The van der Waals surface area contributed by atoms with E-state index in [1.807, 2.05) is 0 Å². The van der Waals surface area contributed by atoms with Crippen molar-refractivity contribution in [1.82, 2.24) is 19.6 Å². The molecule has 0 unspecified atom stereocenters. The van der Waals surface area contributed by atoms with E-state index >= 15 is 0 Å². The molecule has 1 saturated carbocycles. The van der Waals surface area contributed by atoms with Gasteiger partial charge >= 0.3 is 0 Å². The molecule has 1 aliphatic rings. The van der Waals surface area contributed by atoms with Crippen LogP contribution in [-0.2, 0) is 11.3 Å². The number of thiazole rings is 1. The van der Waals surface area contributed by atoms with E-state index in [-0.39, 0.29) is 5.91 Å². The van der Waals surface area contributed by atoms with Crippen molar-refractivity contribution in [3.05, 3.63) is 34.3 Å². The van der Waals surface area contributed by atoms with Gasteiger partial charge in [-0.25, -0.2) is 4.98 Å². The summed E-state index contributed by atoms with van der Waals surface area (Å²) < 4.78 is 7.46. The highest BCUT2D eigenvalue weighted by atomic mass is 32.1. The van der Waals surface area contributed by atoms with Crippen molar-refractivity contribution >= 4 is 33.2 Å². The number of ether oxygens (including phenoxy) is 1. The Labute approximate surface area is 175 Å². The van der Waals surface area contributed by atoms with Crippen molar-refractivity contribution in [3.63, 3.8) is 0 Å². The van der Waals surface area contributed by atoms with E-state index in [0.717, 1.165) is 59.1 Å². The molecular weight excluding hydrogens is 384 g/mol. The number of likely N-dealkylation sites (N-methyl/N-ethyl adjacent to an activating group) is 1. The summed E-state index contributed by atoms with van der Waals surface area (Å²) in [5, 5.41) is 2.83. The highest BCUT2D eigenvalue weighted by Gasteiger charge is 2.28. The standard InChI is InChI=1S/C22H30N4O2S/c1-23-21(27)20-19(16-7-5-4-6-8-16)26-18-13-15(14-25(2)11-12-28-3)9-10-17(18)24-22(26)29-20/h9-10,13,16H,4-8,11-12,14H2,1-3H3,(H,23,27). The molecule has 2 heterocycles. The van der Waals surface area contributed by atoms with Gasteiger partial charge in [0, 0.05) is 33.2 Å². The van der Waals surface area contributed by atoms with Crippen LogP contribution in [0.4, 0.5) is 0 Å². The van der Waals surface area contributed by atoms with Gasteiger partial charge in [-0.1, -0.05) is 36.7 Å². The third-order valence-corrected chi connectivity index (χ3v) is 6.96. The largest absolute Gasteiger partial charge is 0.383 e. The summed E-state index contributed by atoms with van der Waals surface area (Å²) in [7, 11) is 5.55. The third-order valence-electron chi connectivity index (χ3n) is 5.91. The van der Waals surface area contributed by atoms with Crippen molar-refractivity contribution < 1.29 is 9.53 Å². The molecule has 4 rings (SSSR count).